The fourth-order valence-corrected chi connectivity index (χ4v) is 1.41. The number of nitro benzene ring substituents is 1. The molecule has 0 aliphatic heterocycles. The smallest absolute Gasteiger partial charge is 0.269 e. The lowest BCUT2D eigenvalue weighted by Gasteiger charge is -1.93. The van der Waals surface area contributed by atoms with Crippen LogP contribution in [-0.4, -0.2) is 15.1 Å². The van der Waals surface area contributed by atoms with Crippen molar-refractivity contribution in [2.45, 2.75) is 13.3 Å². The summed E-state index contributed by atoms with van der Waals surface area (Å²) in [6.45, 7) is 1.98. The van der Waals surface area contributed by atoms with Gasteiger partial charge in [0.05, 0.1) is 22.5 Å². The Morgan fingerprint density at radius 1 is 1.33 bits per heavy atom. The summed E-state index contributed by atoms with van der Waals surface area (Å²) in [6, 6.07) is 5.88. The second-order valence-corrected chi connectivity index (χ2v) is 3.56. The second kappa shape index (κ2) is 5.17. The van der Waals surface area contributed by atoms with E-state index in [1.807, 2.05) is 6.92 Å². The van der Waals surface area contributed by atoms with Gasteiger partial charge >= 0.3 is 0 Å². The van der Waals surface area contributed by atoms with Crippen LogP contribution in [0.2, 0.25) is 0 Å². The lowest BCUT2D eigenvalue weighted by Crippen LogP contribution is -1.85. The van der Waals surface area contributed by atoms with Gasteiger partial charge in [-0.3, -0.25) is 15.2 Å². The highest BCUT2D eigenvalue weighted by atomic mass is 16.6. The van der Waals surface area contributed by atoms with Crippen molar-refractivity contribution in [3.05, 3.63) is 46.3 Å². The molecule has 2 rings (SSSR count). The molecule has 1 aromatic carbocycles. The van der Waals surface area contributed by atoms with Crippen molar-refractivity contribution >= 4 is 17.1 Å². The van der Waals surface area contributed by atoms with E-state index in [-0.39, 0.29) is 5.69 Å². The number of benzene rings is 1. The Morgan fingerprint density at radius 2 is 2.06 bits per heavy atom. The summed E-state index contributed by atoms with van der Waals surface area (Å²) in [4.78, 5) is 10.0. The van der Waals surface area contributed by atoms with E-state index < -0.39 is 4.92 Å². The maximum atomic E-state index is 10.5. The molecule has 0 saturated carbocycles. The molecule has 1 heterocycles. The fourth-order valence-electron chi connectivity index (χ4n) is 1.41. The molecular weight excluding hydrogens is 234 g/mol. The van der Waals surface area contributed by atoms with Crippen LogP contribution in [0.25, 0.3) is 0 Å². The van der Waals surface area contributed by atoms with Gasteiger partial charge in [0, 0.05) is 12.1 Å². The fraction of sp³-hybridized carbons (Fsp3) is 0.182. The number of nitrogens with one attached hydrogen (secondary N) is 1. The largest absolute Gasteiger partial charge is 0.280 e. The Kier molecular flexibility index (Phi) is 3.42. The zero-order chi connectivity index (χ0) is 13.0. The van der Waals surface area contributed by atoms with Crippen LogP contribution in [0.3, 0.4) is 0 Å². The van der Waals surface area contributed by atoms with E-state index in [1.165, 1.54) is 12.1 Å². The first-order chi connectivity index (χ1) is 8.70. The van der Waals surface area contributed by atoms with Crippen LogP contribution in [0.1, 0.15) is 12.6 Å². The molecule has 0 atom stereocenters. The molecule has 0 amide bonds. The first-order valence-corrected chi connectivity index (χ1v) is 5.39. The quantitative estimate of drug-likeness (QED) is 0.508. The molecule has 0 aliphatic rings. The number of aromatic nitrogens is 2. The third kappa shape index (κ3) is 2.57. The predicted octanol–water partition coefficient (Wildman–Crippen LogP) is 3.30. The molecule has 7 heteroatoms. The molecule has 0 fully saturated rings. The van der Waals surface area contributed by atoms with Crippen LogP contribution in [0, 0.1) is 10.1 Å². The molecule has 0 unspecified atom stereocenters. The molecule has 1 N–H and O–H groups in total. The van der Waals surface area contributed by atoms with Gasteiger partial charge < -0.3 is 0 Å². The molecular formula is C11H11N5O2. The van der Waals surface area contributed by atoms with Crippen LogP contribution in [0.15, 0.2) is 40.7 Å². The minimum atomic E-state index is -0.452. The third-order valence-corrected chi connectivity index (χ3v) is 2.38. The number of nitro groups is 1. The van der Waals surface area contributed by atoms with E-state index in [0.717, 1.165) is 12.1 Å². The number of H-pyrrole nitrogens is 1. The third-order valence-electron chi connectivity index (χ3n) is 2.38. The Balaban J connectivity index is 2.16. The molecule has 1 aromatic heterocycles. The van der Waals surface area contributed by atoms with Crippen LogP contribution in [-0.2, 0) is 6.42 Å². The van der Waals surface area contributed by atoms with Gasteiger partial charge in [0.2, 0.25) is 0 Å². The lowest BCUT2D eigenvalue weighted by molar-refractivity contribution is -0.384. The molecule has 7 nitrogen and oxygen atoms in total. The van der Waals surface area contributed by atoms with Crippen molar-refractivity contribution in [3.8, 4) is 0 Å². The maximum Gasteiger partial charge on any atom is 0.269 e. The molecule has 0 saturated heterocycles. The number of hydrogen-bond donors (Lipinski definition) is 1. The second-order valence-electron chi connectivity index (χ2n) is 3.56. The number of non-ortho nitro benzene ring substituents is 1. The highest BCUT2D eigenvalue weighted by Crippen LogP contribution is 2.22. The van der Waals surface area contributed by atoms with E-state index in [9.17, 15) is 10.1 Å². The lowest BCUT2D eigenvalue weighted by atomic mass is 10.3. The van der Waals surface area contributed by atoms with Gasteiger partial charge in [-0.05, 0) is 18.6 Å². The zero-order valence-corrected chi connectivity index (χ0v) is 9.70. The summed E-state index contributed by atoms with van der Waals surface area (Å²) in [6.07, 6.45) is 2.38. The number of hydrogen-bond acceptors (Lipinski definition) is 5. The normalized spacial score (nSPS) is 10.9. The molecule has 18 heavy (non-hydrogen) atoms. The van der Waals surface area contributed by atoms with Gasteiger partial charge in [0.1, 0.15) is 5.69 Å². The summed E-state index contributed by atoms with van der Waals surface area (Å²) < 4.78 is 0. The topological polar surface area (TPSA) is 96.5 Å². The molecule has 0 radical (unpaired) electrons. The number of aryl methyl sites for hydroxylation is 1. The average Bonchev–Trinajstić information content (AvgIpc) is 2.84. The van der Waals surface area contributed by atoms with Gasteiger partial charge in [-0.1, -0.05) is 6.92 Å². The van der Waals surface area contributed by atoms with E-state index in [4.69, 9.17) is 0 Å². The van der Waals surface area contributed by atoms with Crippen molar-refractivity contribution in [1.82, 2.24) is 10.2 Å². The first kappa shape index (κ1) is 11.9. The van der Waals surface area contributed by atoms with Crippen molar-refractivity contribution < 1.29 is 4.92 Å². The van der Waals surface area contributed by atoms with Crippen molar-refractivity contribution in [2.24, 2.45) is 10.2 Å². The van der Waals surface area contributed by atoms with E-state index >= 15 is 0 Å². The van der Waals surface area contributed by atoms with E-state index in [2.05, 4.69) is 20.4 Å². The average molecular weight is 245 g/mol. The van der Waals surface area contributed by atoms with Crippen molar-refractivity contribution in [3.63, 3.8) is 0 Å². The highest BCUT2D eigenvalue weighted by Gasteiger charge is 2.04. The number of aromatic amines is 1. The van der Waals surface area contributed by atoms with Crippen LogP contribution < -0.4 is 0 Å². The Bertz CT molecular complexity index is 573. The van der Waals surface area contributed by atoms with E-state index in [1.54, 1.807) is 18.3 Å². The van der Waals surface area contributed by atoms with Crippen LogP contribution in [0.5, 0.6) is 0 Å². The van der Waals surface area contributed by atoms with Gasteiger partial charge in [-0.15, -0.1) is 5.11 Å². The minimum absolute atomic E-state index is 0.0338. The molecule has 2 aromatic rings. The molecule has 0 bridgehead atoms. The Morgan fingerprint density at radius 3 is 2.67 bits per heavy atom. The Labute approximate surface area is 103 Å². The number of nitrogens with zero attached hydrogens (tertiary/aromatic N) is 4. The first-order valence-electron chi connectivity index (χ1n) is 5.39. The number of azo groups is 1. The standard InChI is InChI=1S/C11H11N5O2/c1-2-10-11(7-12-14-10)15-13-8-3-5-9(6-4-8)16(17)18/h3-7H,2H2,1H3,(H,12,14). The SMILES string of the molecule is CCc1[nH]ncc1N=Nc1ccc([N+](=O)[O-])cc1. The molecule has 92 valence electrons. The monoisotopic (exact) mass is 245 g/mol. The minimum Gasteiger partial charge on any atom is -0.280 e. The maximum absolute atomic E-state index is 10.5. The van der Waals surface area contributed by atoms with Crippen molar-refractivity contribution in [2.75, 3.05) is 0 Å². The van der Waals surface area contributed by atoms with E-state index in [0.29, 0.717) is 11.4 Å². The van der Waals surface area contributed by atoms with Crippen molar-refractivity contribution in [1.29, 1.82) is 0 Å². The summed E-state index contributed by atoms with van der Waals surface area (Å²) in [5.74, 6) is 0. The summed E-state index contributed by atoms with van der Waals surface area (Å²) >= 11 is 0. The van der Waals surface area contributed by atoms with Gasteiger partial charge in [-0.25, -0.2) is 0 Å². The predicted molar refractivity (Wildman–Crippen MR) is 65.2 cm³/mol. The molecule has 0 spiro atoms. The van der Waals surface area contributed by atoms with Gasteiger partial charge in [0.15, 0.2) is 0 Å². The number of rotatable bonds is 4. The van der Waals surface area contributed by atoms with Gasteiger partial charge in [0.25, 0.3) is 5.69 Å². The zero-order valence-electron chi connectivity index (χ0n) is 9.70. The molecule has 0 aliphatic carbocycles. The summed E-state index contributed by atoms with van der Waals surface area (Å²) in [5.41, 5.74) is 2.17. The highest BCUT2D eigenvalue weighted by molar-refractivity contribution is 5.45. The van der Waals surface area contributed by atoms with Crippen LogP contribution >= 0.6 is 0 Å². The Hall–Kier alpha value is -2.57. The van der Waals surface area contributed by atoms with Gasteiger partial charge in [-0.2, -0.15) is 10.2 Å². The van der Waals surface area contributed by atoms with Crippen LogP contribution in [0.4, 0.5) is 17.1 Å². The summed E-state index contributed by atoms with van der Waals surface area (Å²) in [7, 11) is 0. The summed E-state index contributed by atoms with van der Waals surface area (Å²) in [5, 5.41) is 25.2.